The van der Waals surface area contributed by atoms with Gasteiger partial charge in [-0.25, -0.2) is 0 Å². The molecule has 0 heterocycles. The molecule has 0 saturated heterocycles. The van der Waals surface area contributed by atoms with Gasteiger partial charge in [0.15, 0.2) is 11.5 Å². The number of carbonyl (C=O) groups excluding carboxylic acids is 1. The minimum absolute atomic E-state index is 0.0834. The molecule has 0 spiro atoms. The highest BCUT2D eigenvalue weighted by molar-refractivity contribution is 5.94. The maximum absolute atomic E-state index is 12.2. The summed E-state index contributed by atoms with van der Waals surface area (Å²) < 4.78 is 11.2. The van der Waals surface area contributed by atoms with E-state index in [2.05, 4.69) is 19.2 Å². The molecule has 0 unspecified atom stereocenters. The molecular formula is C21H27NO3. The van der Waals surface area contributed by atoms with E-state index in [1.807, 2.05) is 49.4 Å². The van der Waals surface area contributed by atoms with Crippen LogP contribution < -0.4 is 14.8 Å². The Hall–Kier alpha value is -2.49. The van der Waals surface area contributed by atoms with Crippen LogP contribution in [0, 0.1) is 12.8 Å². The first-order valence-electron chi connectivity index (χ1n) is 8.64. The standard InChI is InChI=1S/C21H27NO3/c1-15(2)10-11-25-19-9-8-17(13-20(19)24-4)14-22-21(23)18-7-5-6-16(3)12-18/h5-9,12-13,15H,10-11,14H2,1-4H3,(H,22,23). The van der Waals surface area contributed by atoms with Crippen molar-refractivity contribution in [1.29, 1.82) is 0 Å². The summed E-state index contributed by atoms with van der Waals surface area (Å²) in [6, 6.07) is 13.3. The number of amides is 1. The zero-order chi connectivity index (χ0) is 18.2. The Kier molecular flexibility index (Phi) is 6.87. The molecule has 1 amide bonds. The van der Waals surface area contributed by atoms with Crippen LogP contribution in [0.3, 0.4) is 0 Å². The Labute approximate surface area is 150 Å². The van der Waals surface area contributed by atoms with Crippen LogP contribution >= 0.6 is 0 Å². The van der Waals surface area contributed by atoms with Crippen molar-refractivity contribution >= 4 is 5.91 Å². The van der Waals surface area contributed by atoms with Gasteiger partial charge in [-0.2, -0.15) is 0 Å². The first-order chi connectivity index (χ1) is 12.0. The van der Waals surface area contributed by atoms with E-state index in [0.29, 0.717) is 30.4 Å². The lowest BCUT2D eigenvalue weighted by Gasteiger charge is -2.13. The molecule has 0 aromatic heterocycles. The second-order valence-electron chi connectivity index (χ2n) is 6.57. The molecular weight excluding hydrogens is 314 g/mol. The summed E-state index contributed by atoms with van der Waals surface area (Å²) >= 11 is 0. The molecule has 1 N–H and O–H groups in total. The van der Waals surface area contributed by atoms with Crippen molar-refractivity contribution in [1.82, 2.24) is 5.32 Å². The van der Waals surface area contributed by atoms with Crippen LogP contribution in [0.25, 0.3) is 0 Å². The third-order valence-corrected chi connectivity index (χ3v) is 3.91. The Balaban J connectivity index is 1.97. The first kappa shape index (κ1) is 18.8. The minimum Gasteiger partial charge on any atom is -0.493 e. The fourth-order valence-corrected chi connectivity index (χ4v) is 2.42. The lowest BCUT2D eigenvalue weighted by atomic mass is 10.1. The van der Waals surface area contributed by atoms with Crippen molar-refractivity contribution in [2.75, 3.05) is 13.7 Å². The molecule has 134 valence electrons. The van der Waals surface area contributed by atoms with Crippen LogP contribution in [-0.2, 0) is 6.54 Å². The lowest BCUT2D eigenvalue weighted by molar-refractivity contribution is 0.0951. The monoisotopic (exact) mass is 341 g/mol. The van der Waals surface area contributed by atoms with E-state index in [1.54, 1.807) is 7.11 Å². The fraction of sp³-hybridized carbons (Fsp3) is 0.381. The van der Waals surface area contributed by atoms with Crippen molar-refractivity contribution in [3.8, 4) is 11.5 Å². The van der Waals surface area contributed by atoms with Crippen LogP contribution in [0.5, 0.6) is 11.5 Å². The van der Waals surface area contributed by atoms with Crippen molar-refractivity contribution in [2.45, 2.75) is 33.7 Å². The van der Waals surface area contributed by atoms with Crippen molar-refractivity contribution in [3.63, 3.8) is 0 Å². The summed E-state index contributed by atoms with van der Waals surface area (Å²) in [6.07, 6.45) is 0.997. The highest BCUT2D eigenvalue weighted by Gasteiger charge is 2.09. The van der Waals surface area contributed by atoms with Crippen LogP contribution in [0.4, 0.5) is 0 Å². The van der Waals surface area contributed by atoms with Gasteiger partial charge in [-0.1, -0.05) is 37.6 Å². The molecule has 0 aliphatic heterocycles. The highest BCUT2D eigenvalue weighted by atomic mass is 16.5. The maximum atomic E-state index is 12.2. The van der Waals surface area contributed by atoms with Gasteiger partial charge in [0.2, 0.25) is 0 Å². The first-order valence-corrected chi connectivity index (χ1v) is 8.64. The van der Waals surface area contributed by atoms with E-state index in [4.69, 9.17) is 9.47 Å². The second-order valence-corrected chi connectivity index (χ2v) is 6.57. The van der Waals surface area contributed by atoms with Crippen molar-refractivity contribution < 1.29 is 14.3 Å². The van der Waals surface area contributed by atoms with Crippen LogP contribution in [-0.4, -0.2) is 19.6 Å². The normalized spacial score (nSPS) is 10.6. The molecule has 25 heavy (non-hydrogen) atoms. The summed E-state index contributed by atoms with van der Waals surface area (Å²) in [7, 11) is 1.62. The number of benzene rings is 2. The molecule has 2 aromatic carbocycles. The number of methoxy groups -OCH3 is 1. The van der Waals surface area contributed by atoms with Gasteiger partial charge in [-0.15, -0.1) is 0 Å². The second kappa shape index (κ2) is 9.11. The molecule has 0 aliphatic carbocycles. The number of hydrogen-bond donors (Lipinski definition) is 1. The van der Waals surface area contributed by atoms with Crippen LogP contribution in [0.15, 0.2) is 42.5 Å². The van der Waals surface area contributed by atoms with Gasteiger partial charge in [0.25, 0.3) is 5.91 Å². The molecule has 2 rings (SSSR count). The van der Waals surface area contributed by atoms with E-state index >= 15 is 0 Å². The van der Waals surface area contributed by atoms with E-state index in [9.17, 15) is 4.79 Å². The third kappa shape index (κ3) is 5.82. The van der Waals surface area contributed by atoms with Crippen molar-refractivity contribution in [3.05, 3.63) is 59.2 Å². The zero-order valence-corrected chi connectivity index (χ0v) is 15.5. The summed E-state index contributed by atoms with van der Waals surface area (Å²) in [5, 5.41) is 2.94. The number of rotatable bonds is 8. The van der Waals surface area contributed by atoms with E-state index in [-0.39, 0.29) is 5.91 Å². The number of aryl methyl sites for hydroxylation is 1. The molecule has 0 radical (unpaired) electrons. The molecule has 4 nitrogen and oxygen atoms in total. The Morgan fingerprint density at radius 2 is 1.92 bits per heavy atom. The molecule has 0 bridgehead atoms. The average molecular weight is 341 g/mol. The van der Waals surface area contributed by atoms with E-state index in [0.717, 1.165) is 23.3 Å². The molecule has 0 aliphatic rings. The van der Waals surface area contributed by atoms with Gasteiger partial charge in [-0.05, 0) is 49.1 Å². The Morgan fingerprint density at radius 3 is 2.60 bits per heavy atom. The minimum atomic E-state index is -0.0834. The Bertz CT molecular complexity index is 710. The van der Waals surface area contributed by atoms with Gasteiger partial charge in [0.1, 0.15) is 0 Å². The summed E-state index contributed by atoms with van der Waals surface area (Å²) in [4.78, 5) is 12.2. The third-order valence-electron chi connectivity index (χ3n) is 3.91. The summed E-state index contributed by atoms with van der Waals surface area (Å²) in [6.45, 7) is 7.41. The zero-order valence-electron chi connectivity index (χ0n) is 15.5. The summed E-state index contributed by atoms with van der Waals surface area (Å²) in [5.41, 5.74) is 2.70. The fourth-order valence-electron chi connectivity index (χ4n) is 2.42. The predicted molar refractivity (Wildman–Crippen MR) is 100 cm³/mol. The maximum Gasteiger partial charge on any atom is 0.251 e. The van der Waals surface area contributed by atoms with Gasteiger partial charge in [-0.3, -0.25) is 4.79 Å². The number of nitrogens with one attached hydrogen (secondary N) is 1. The van der Waals surface area contributed by atoms with E-state index in [1.165, 1.54) is 0 Å². The largest absolute Gasteiger partial charge is 0.493 e. The smallest absolute Gasteiger partial charge is 0.251 e. The van der Waals surface area contributed by atoms with Crippen LogP contribution in [0.2, 0.25) is 0 Å². The van der Waals surface area contributed by atoms with Crippen LogP contribution in [0.1, 0.15) is 41.8 Å². The molecule has 0 saturated carbocycles. The molecule has 4 heteroatoms. The number of ether oxygens (including phenoxy) is 2. The van der Waals surface area contributed by atoms with E-state index < -0.39 is 0 Å². The van der Waals surface area contributed by atoms with Gasteiger partial charge in [0.05, 0.1) is 13.7 Å². The SMILES string of the molecule is COc1cc(CNC(=O)c2cccc(C)c2)ccc1OCCC(C)C. The van der Waals surface area contributed by atoms with Gasteiger partial charge < -0.3 is 14.8 Å². The lowest BCUT2D eigenvalue weighted by Crippen LogP contribution is -2.22. The number of hydrogen-bond acceptors (Lipinski definition) is 3. The average Bonchev–Trinajstić information content (AvgIpc) is 2.60. The van der Waals surface area contributed by atoms with Gasteiger partial charge >= 0.3 is 0 Å². The number of carbonyl (C=O) groups is 1. The molecule has 2 aromatic rings. The quantitative estimate of drug-likeness (QED) is 0.776. The molecule has 0 atom stereocenters. The van der Waals surface area contributed by atoms with Gasteiger partial charge in [0, 0.05) is 12.1 Å². The highest BCUT2D eigenvalue weighted by Crippen LogP contribution is 2.28. The predicted octanol–water partition coefficient (Wildman–Crippen LogP) is 4.36. The summed E-state index contributed by atoms with van der Waals surface area (Å²) in [5.74, 6) is 1.94. The Morgan fingerprint density at radius 1 is 1.12 bits per heavy atom. The van der Waals surface area contributed by atoms with Crippen molar-refractivity contribution in [2.24, 2.45) is 5.92 Å². The molecule has 0 fully saturated rings. The topological polar surface area (TPSA) is 47.6 Å².